The first-order valence-electron chi connectivity index (χ1n) is 7.00. The lowest BCUT2D eigenvalue weighted by molar-refractivity contribution is -0.129. The van der Waals surface area contributed by atoms with Crippen LogP contribution in [0.2, 0.25) is 5.02 Å². The van der Waals surface area contributed by atoms with Gasteiger partial charge < -0.3 is 14.9 Å². The third-order valence-corrected chi connectivity index (χ3v) is 4.85. The zero-order chi connectivity index (χ0) is 14.3. The maximum atomic E-state index is 12.4. The summed E-state index contributed by atoms with van der Waals surface area (Å²) < 4.78 is 0. The van der Waals surface area contributed by atoms with Crippen molar-refractivity contribution in [1.29, 1.82) is 0 Å². The second-order valence-electron chi connectivity index (χ2n) is 5.86. The molecular formula is C15H19ClN2O2. The van der Waals surface area contributed by atoms with Gasteiger partial charge in [0.2, 0.25) is 5.91 Å². The SMILES string of the molecule is CN1CC[C@@H]2CN(C(=O)Cc3ccc(O)c(Cl)c3)C[C@@H]21. The molecule has 5 heteroatoms. The summed E-state index contributed by atoms with van der Waals surface area (Å²) in [5.74, 6) is 0.835. The molecule has 2 aliphatic heterocycles. The van der Waals surface area contributed by atoms with Gasteiger partial charge in [-0.3, -0.25) is 4.79 Å². The predicted octanol–water partition coefficient (Wildman–Crippen LogP) is 1.75. The van der Waals surface area contributed by atoms with E-state index in [1.165, 1.54) is 12.5 Å². The third-order valence-electron chi connectivity index (χ3n) is 4.55. The smallest absolute Gasteiger partial charge is 0.227 e. The molecule has 1 amide bonds. The normalized spacial score (nSPS) is 26.0. The summed E-state index contributed by atoms with van der Waals surface area (Å²) in [5, 5.41) is 9.69. The second kappa shape index (κ2) is 5.26. The Bertz CT molecular complexity index is 535. The van der Waals surface area contributed by atoms with Crippen LogP contribution < -0.4 is 0 Å². The van der Waals surface area contributed by atoms with Crippen LogP contribution in [0.15, 0.2) is 18.2 Å². The highest BCUT2D eigenvalue weighted by atomic mass is 35.5. The Hall–Kier alpha value is -1.26. The van der Waals surface area contributed by atoms with Gasteiger partial charge >= 0.3 is 0 Å². The first-order chi connectivity index (χ1) is 9.54. The lowest BCUT2D eigenvalue weighted by Gasteiger charge is -2.20. The molecule has 2 heterocycles. The van der Waals surface area contributed by atoms with Crippen molar-refractivity contribution < 1.29 is 9.90 Å². The summed E-state index contributed by atoms with van der Waals surface area (Å²) in [7, 11) is 2.14. The highest BCUT2D eigenvalue weighted by Gasteiger charge is 2.40. The number of likely N-dealkylation sites (tertiary alicyclic amines) is 2. The first-order valence-corrected chi connectivity index (χ1v) is 7.38. The Kier molecular flexibility index (Phi) is 3.61. The Morgan fingerprint density at radius 2 is 2.25 bits per heavy atom. The van der Waals surface area contributed by atoms with Crippen LogP contribution >= 0.6 is 11.6 Å². The van der Waals surface area contributed by atoms with Crippen molar-refractivity contribution in [2.45, 2.75) is 18.9 Å². The Labute approximate surface area is 123 Å². The van der Waals surface area contributed by atoms with E-state index in [1.54, 1.807) is 12.1 Å². The molecule has 1 N–H and O–H groups in total. The molecular weight excluding hydrogens is 276 g/mol. The Balaban J connectivity index is 1.64. The number of carbonyl (C=O) groups is 1. The van der Waals surface area contributed by atoms with Crippen LogP contribution in [0.25, 0.3) is 0 Å². The quantitative estimate of drug-likeness (QED) is 0.904. The fourth-order valence-corrected chi connectivity index (χ4v) is 3.53. The summed E-state index contributed by atoms with van der Waals surface area (Å²) in [6.45, 7) is 2.86. The summed E-state index contributed by atoms with van der Waals surface area (Å²) in [4.78, 5) is 16.7. The summed E-state index contributed by atoms with van der Waals surface area (Å²) in [6, 6.07) is 5.49. The molecule has 0 unspecified atom stereocenters. The van der Waals surface area contributed by atoms with Crippen LogP contribution in [0.4, 0.5) is 0 Å². The molecule has 2 aliphatic rings. The zero-order valence-corrected chi connectivity index (χ0v) is 12.3. The number of nitrogens with zero attached hydrogens (tertiary/aromatic N) is 2. The lowest BCUT2D eigenvalue weighted by atomic mass is 10.1. The molecule has 108 valence electrons. The predicted molar refractivity (Wildman–Crippen MR) is 77.9 cm³/mol. The van der Waals surface area contributed by atoms with Crippen molar-refractivity contribution >= 4 is 17.5 Å². The molecule has 0 spiro atoms. The average Bonchev–Trinajstić information content (AvgIpc) is 2.97. The zero-order valence-electron chi connectivity index (χ0n) is 11.6. The minimum atomic E-state index is 0.0557. The number of amides is 1. The van der Waals surface area contributed by atoms with E-state index < -0.39 is 0 Å². The van der Waals surface area contributed by atoms with Crippen LogP contribution in [-0.4, -0.2) is 53.5 Å². The topological polar surface area (TPSA) is 43.8 Å². The average molecular weight is 295 g/mol. The minimum absolute atomic E-state index is 0.0557. The van der Waals surface area contributed by atoms with E-state index in [9.17, 15) is 9.90 Å². The highest BCUT2D eigenvalue weighted by molar-refractivity contribution is 6.32. The van der Waals surface area contributed by atoms with Gasteiger partial charge in [-0.25, -0.2) is 0 Å². The molecule has 2 fully saturated rings. The van der Waals surface area contributed by atoms with Crippen LogP contribution in [0, 0.1) is 5.92 Å². The van der Waals surface area contributed by atoms with Gasteiger partial charge in [0.25, 0.3) is 0 Å². The monoisotopic (exact) mass is 294 g/mol. The van der Waals surface area contributed by atoms with Crippen molar-refractivity contribution in [1.82, 2.24) is 9.80 Å². The molecule has 0 aromatic heterocycles. The van der Waals surface area contributed by atoms with Crippen LogP contribution in [0.1, 0.15) is 12.0 Å². The number of phenolic OH excluding ortho intramolecular Hbond substituents is 1. The fourth-order valence-electron chi connectivity index (χ4n) is 3.32. The molecule has 1 aromatic rings. The Morgan fingerprint density at radius 1 is 1.45 bits per heavy atom. The molecule has 20 heavy (non-hydrogen) atoms. The number of fused-ring (bicyclic) bond motifs is 1. The largest absolute Gasteiger partial charge is 0.506 e. The number of carbonyl (C=O) groups excluding carboxylic acids is 1. The number of phenols is 1. The van der Waals surface area contributed by atoms with E-state index in [0.29, 0.717) is 23.4 Å². The van der Waals surface area contributed by atoms with E-state index in [1.807, 2.05) is 4.90 Å². The standard InChI is InChI=1S/C15H19ClN2O2/c1-17-5-4-11-8-18(9-13(11)17)15(20)7-10-2-3-14(19)12(16)6-10/h2-3,6,11,13,19H,4-5,7-9H2,1H3/t11-,13+/m1/s1. The first kappa shape index (κ1) is 13.7. The van der Waals surface area contributed by atoms with E-state index in [2.05, 4.69) is 11.9 Å². The number of benzene rings is 1. The molecule has 0 radical (unpaired) electrons. The number of halogens is 1. The minimum Gasteiger partial charge on any atom is -0.506 e. The number of hydrogen-bond donors (Lipinski definition) is 1. The van der Waals surface area contributed by atoms with Gasteiger partial charge in [0.15, 0.2) is 0 Å². The maximum absolute atomic E-state index is 12.4. The van der Waals surface area contributed by atoms with E-state index >= 15 is 0 Å². The highest BCUT2D eigenvalue weighted by Crippen LogP contribution is 2.31. The number of hydrogen-bond acceptors (Lipinski definition) is 3. The molecule has 1 aromatic carbocycles. The molecule has 0 saturated carbocycles. The van der Waals surface area contributed by atoms with Gasteiger partial charge in [0, 0.05) is 19.1 Å². The second-order valence-corrected chi connectivity index (χ2v) is 6.27. The number of aromatic hydroxyl groups is 1. The maximum Gasteiger partial charge on any atom is 0.227 e. The van der Waals surface area contributed by atoms with Gasteiger partial charge in [0.1, 0.15) is 5.75 Å². The van der Waals surface area contributed by atoms with Crippen molar-refractivity contribution in [3.05, 3.63) is 28.8 Å². The van der Waals surface area contributed by atoms with Crippen molar-refractivity contribution in [3.8, 4) is 5.75 Å². The molecule has 2 atom stereocenters. The van der Waals surface area contributed by atoms with Crippen molar-refractivity contribution in [2.24, 2.45) is 5.92 Å². The van der Waals surface area contributed by atoms with Gasteiger partial charge in [-0.15, -0.1) is 0 Å². The van der Waals surface area contributed by atoms with Gasteiger partial charge in [-0.2, -0.15) is 0 Å². The fraction of sp³-hybridized carbons (Fsp3) is 0.533. The van der Waals surface area contributed by atoms with Crippen molar-refractivity contribution in [3.63, 3.8) is 0 Å². The van der Waals surface area contributed by atoms with Crippen molar-refractivity contribution in [2.75, 3.05) is 26.7 Å². The van der Waals surface area contributed by atoms with E-state index in [0.717, 1.165) is 25.2 Å². The number of rotatable bonds is 2. The summed E-state index contributed by atoms with van der Waals surface area (Å²) in [5.41, 5.74) is 0.850. The lowest BCUT2D eigenvalue weighted by Crippen LogP contribution is -2.35. The summed E-state index contributed by atoms with van der Waals surface area (Å²) in [6.07, 6.45) is 1.54. The summed E-state index contributed by atoms with van der Waals surface area (Å²) >= 11 is 5.87. The molecule has 0 aliphatic carbocycles. The number of likely N-dealkylation sites (N-methyl/N-ethyl adjacent to an activating group) is 1. The molecule has 4 nitrogen and oxygen atoms in total. The molecule has 3 rings (SSSR count). The molecule has 0 bridgehead atoms. The van der Waals surface area contributed by atoms with Crippen LogP contribution in [0.3, 0.4) is 0 Å². The van der Waals surface area contributed by atoms with E-state index in [-0.39, 0.29) is 11.7 Å². The molecule has 2 saturated heterocycles. The van der Waals surface area contributed by atoms with E-state index in [4.69, 9.17) is 11.6 Å². The van der Waals surface area contributed by atoms with Gasteiger partial charge in [-0.05, 0) is 43.6 Å². The van der Waals surface area contributed by atoms with Crippen LogP contribution in [0.5, 0.6) is 5.75 Å². The Morgan fingerprint density at radius 3 is 2.95 bits per heavy atom. The third kappa shape index (κ3) is 2.50. The van der Waals surface area contributed by atoms with Gasteiger partial charge in [0.05, 0.1) is 11.4 Å². The van der Waals surface area contributed by atoms with Gasteiger partial charge in [-0.1, -0.05) is 17.7 Å². The van der Waals surface area contributed by atoms with Crippen LogP contribution in [-0.2, 0) is 11.2 Å².